The number of anilines is 2. The maximum atomic E-state index is 12.3. The van der Waals surface area contributed by atoms with Crippen LogP contribution in [0.25, 0.3) is 0 Å². The molecule has 112 valence electrons. The van der Waals surface area contributed by atoms with Gasteiger partial charge in [0.1, 0.15) is 17.2 Å². The predicted molar refractivity (Wildman–Crippen MR) is 87.5 cm³/mol. The molecule has 2 rings (SSSR count). The highest BCUT2D eigenvalue weighted by molar-refractivity contribution is 7.99. The number of nitrogens with two attached hydrogens (primary N) is 1. The Labute approximate surface area is 133 Å². The number of nitrogens with zero attached hydrogens (tertiary/aromatic N) is 1. The largest absolute Gasteiger partial charge is 0.322 e. The zero-order valence-electron chi connectivity index (χ0n) is 12.2. The molecular formula is C16H17N4OS+. The Kier molecular flexibility index (Phi) is 5.39. The van der Waals surface area contributed by atoms with Crippen LogP contribution in [0.4, 0.5) is 11.5 Å². The Morgan fingerprint density at radius 3 is 2.77 bits per heavy atom. The molecule has 0 saturated heterocycles. The van der Waals surface area contributed by atoms with Crippen molar-refractivity contribution < 1.29 is 9.78 Å². The van der Waals surface area contributed by atoms with Crippen molar-refractivity contribution in [3.8, 4) is 6.07 Å². The minimum absolute atomic E-state index is 0.256. The molecule has 0 spiro atoms. The molecule has 0 saturated carbocycles. The van der Waals surface area contributed by atoms with Crippen LogP contribution in [0.15, 0.2) is 41.4 Å². The van der Waals surface area contributed by atoms with Crippen molar-refractivity contribution in [1.82, 2.24) is 0 Å². The molecule has 4 N–H and O–H groups in total. The monoisotopic (exact) mass is 313 g/mol. The topological polar surface area (TPSA) is 93.0 Å². The quantitative estimate of drug-likeness (QED) is 0.830. The molecule has 5 nitrogen and oxygen atoms in total. The summed E-state index contributed by atoms with van der Waals surface area (Å²) in [5.41, 5.74) is 7.30. The number of hydrogen-bond donors (Lipinski definition) is 2. The van der Waals surface area contributed by atoms with Gasteiger partial charge in [-0.1, -0.05) is 36.9 Å². The fourth-order valence-corrected chi connectivity index (χ4v) is 2.70. The van der Waals surface area contributed by atoms with E-state index in [2.05, 4.69) is 23.3 Å². The second kappa shape index (κ2) is 7.48. The molecule has 0 aliphatic rings. The lowest BCUT2D eigenvalue weighted by molar-refractivity contribution is -0.410. The summed E-state index contributed by atoms with van der Waals surface area (Å²) < 4.78 is 0. The summed E-state index contributed by atoms with van der Waals surface area (Å²) in [5.74, 6) is 0.787. The van der Waals surface area contributed by atoms with Gasteiger partial charge in [-0.2, -0.15) is 5.26 Å². The summed E-state index contributed by atoms with van der Waals surface area (Å²) >= 11 is 1.52. The molecule has 1 aromatic heterocycles. The van der Waals surface area contributed by atoms with Gasteiger partial charge in [0.2, 0.25) is 0 Å². The molecule has 0 fully saturated rings. The highest BCUT2D eigenvalue weighted by Gasteiger charge is 2.20. The van der Waals surface area contributed by atoms with Gasteiger partial charge in [0.15, 0.2) is 5.03 Å². The van der Waals surface area contributed by atoms with Crippen LogP contribution in [-0.4, -0.2) is 11.7 Å². The first-order valence-electron chi connectivity index (χ1n) is 6.90. The van der Waals surface area contributed by atoms with Crippen molar-refractivity contribution >= 4 is 29.2 Å². The van der Waals surface area contributed by atoms with E-state index in [0.717, 1.165) is 12.2 Å². The SMILES string of the molecule is CCCSc1[nH+]c(N)c(C(=O)Nc2ccccc2)cc1C#N. The number of hydrogen-bond acceptors (Lipinski definition) is 4. The van der Waals surface area contributed by atoms with Gasteiger partial charge in [0.05, 0.1) is 0 Å². The Balaban J connectivity index is 2.27. The lowest BCUT2D eigenvalue weighted by Gasteiger charge is -2.07. The van der Waals surface area contributed by atoms with E-state index in [1.807, 2.05) is 18.2 Å². The number of thioether (sulfide) groups is 1. The molecule has 22 heavy (non-hydrogen) atoms. The third kappa shape index (κ3) is 3.77. The number of nitrogen functional groups attached to an aromatic ring is 1. The molecule has 1 heterocycles. The number of aromatic nitrogens is 1. The molecular weight excluding hydrogens is 296 g/mol. The number of para-hydroxylation sites is 1. The van der Waals surface area contributed by atoms with Gasteiger partial charge in [-0.15, -0.1) is 0 Å². The van der Waals surface area contributed by atoms with Gasteiger partial charge in [0.25, 0.3) is 11.7 Å². The van der Waals surface area contributed by atoms with E-state index in [1.165, 1.54) is 17.8 Å². The first kappa shape index (κ1) is 15.9. The number of benzene rings is 1. The molecule has 1 amide bonds. The summed E-state index contributed by atoms with van der Waals surface area (Å²) in [6, 6.07) is 12.7. The Hall–Kier alpha value is -2.52. The number of nitriles is 1. The van der Waals surface area contributed by atoms with Crippen LogP contribution in [0.2, 0.25) is 0 Å². The number of amides is 1. The van der Waals surface area contributed by atoms with Crippen LogP contribution < -0.4 is 16.0 Å². The maximum absolute atomic E-state index is 12.3. The highest BCUT2D eigenvalue weighted by atomic mass is 32.2. The molecule has 0 atom stereocenters. The summed E-state index contributed by atoms with van der Waals surface area (Å²) in [6.45, 7) is 2.06. The minimum Gasteiger partial charge on any atom is -0.322 e. The van der Waals surface area contributed by atoms with Crippen LogP contribution in [0.3, 0.4) is 0 Å². The van der Waals surface area contributed by atoms with E-state index < -0.39 is 0 Å². The summed E-state index contributed by atoms with van der Waals surface area (Å²) in [7, 11) is 0. The average Bonchev–Trinajstić information content (AvgIpc) is 2.53. The van der Waals surface area contributed by atoms with Crippen molar-refractivity contribution in [3.05, 3.63) is 47.5 Å². The highest BCUT2D eigenvalue weighted by Crippen LogP contribution is 2.21. The van der Waals surface area contributed by atoms with Crippen molar-refractivity contribution in [1.29, 1.82) is 5.26 Å². The first-order valence-corrected chi connectivity index (χ1v) is 7.89. The second-order valence-electron chi connectivity index (χ2n) is 4.62. The smallest absolute Gasteiger partial charge is 0.284 e. The molecule has 2 aromatic rings. The third-order valence-corrected chi connectivity index (χ3v) is 4.14. The van der Waals surface area contributed by atoms with Gasteiger partial charge in [-0.05, 0) is 24.6 Å². The molecule has 0 radical (unpaired) electrons. The van der Waals surface area contributed by atoms with E-state index >= 15 is 0 Å². The van der Waals surface area contributed by atoms with Crippen LogP contribution in [0, 0.1) is 11.3 Å². The summed E-state index contributed by atoms with van der Waals surface area (Å²) in [5, 5.41) is 12.7. The average molecular weight is 313 g/mol. The van der Waals surface area contributed by atoms with Gasteiger partial charge in [-0.3, -0.25) is 10.5 Å². The normalized spacial score (nSPS) is 10.0. The molecule has 0 aliphatic heterocycles. The van der Waals surface area contributed by atoms with Crippen LogP contribution in [0.1, 0.15) is 29.3 Å². The zero-order chi connectivity index (χ0) is 15.9. The lowest BCUT2D eigenvalue weighted by Crippen LogP contribution is -2.23. The Morgan fingerprint density at radius 2 is 2.14 bits per heavy atom. The zero-order valence-corrected chi connectivity index (χ0v) is 13.0. The number of nitrogens with one attached hydrogen (secondary N) is 2. The van der Waals surface area contributed by atoms with Gasteiger partial charge < -0.3 is 5.32 Å². The lowest BCUT2D eigenvalue weighted by atomic mass is 10.2. The number of carbonyl (C=O) groups excluding carboxylic acids is 1. The van der Waals surface area contributed by atoms with Crippen molar-refractivity contribution in [3.63, 3.8) is 0 Å². The molecule has 1 aromatic carbocycles. The van der Waals surface area contributed by atoms with E-state index in [1.54, 1.807) is 12.1 Å². The van der Waals surface area contributed by atoms with E-state index in [9.17, 15) is 10.1 Å². The first-order chi connectivity index (χ1) is 10.7. The van der Waals surface area contributed by atoms with Crippen molar-refractivity contribution in [2.24, 2.45) is 0 Å². The minimum atomic E-state index is -0.344. The van der Waals surface area contributed by atoms with Crippen molar-refractivity contribution in [2.45, 2.75) is 18.4 Å². The number of pyridine rings is 1. The van der Waals surface area contributed by atoms with Crippen LogP contribution in [0.5, 0.6) is 0 Å². The molecule has 0 unspecified atom stereocenters. The van der Waals surface area contributed by atoms with Crippen molar-refractivity contribution in [2.75, 3.05) is 16.8 Å². The fraction of sp³-hybridized carbons (Fsp3) is 0.188. The van der Waals surface area contributed by atoms with Gasteiger partial charge in [0, 0.05) is 11.4 Å². The second-order valence-corrected chi connectivity index (χ2v) is 5.73. The van der Waals surface area contributed by atoms with E-state index in [0.29, 0.717) is 16.3 Å². The number of carbonyl (C=O) groups is 1. The summed E-state index contributed by atoms with van der Waals surface area (Å²) in [4.78, 5) is 15.3. The predicted octanol–water partition coefficient (Wildman–Crippen LogP) is 2.71. The molecule has 0 bridgehead atoms. The standard InChI is InChI=1S/C16H16N4OS/c1-2-8-22-16-11(10-17)9-13(14(18)20-16)15(21)19-12-6-4-3-5-7-12/h3-7,9H,2,8H2,1H3,(H2,18,20)(H,19,21)/p+1. The maximum Gasteiger partial charge on any atom is 0.284 e. The van der Waals surface area contributed by atoms with E-state index in [-0.39, 0.29) is 17.3 Å². The number of rotatable bonds is 5. The molecule has 0 aliphatic carbocycles. The van der Waals surface area contributed by atoms with Gasteiger partial charge in [-0.25, -0.2) is 4.98 Å². The van der Waals surface area contributed by atoms with E-state index in [4.69, 9.17) is 5.73 Å². The summed E-state index contributed by atoms with van der Waals surface area (Å²) in [6.07, 6.45) is 0.986. The Morgan fingerprint density at radius 1 is 1.41 bits per heavy atom. The Bertz CT molecular complexity index is 710. The van der Waals surface area contributed by atoms with Gasteiger partial charge >= 0.3 is 0 Å². The van der Waals surface area contributed by atoms with Crippen LogP contribution >= 0.6 is 11.8 Å². The number of H-pyrrole nitrogens is 1. The third-order valence-electron chi connectivity index (χ3n) is 2.92. The van der Waals surface area contributed by atoms with Crippen LogP contribution in [-0.2, 0) is 0 Å². The fourth-order valence-electron chi connectivity index (χ4n) is 1.85. The molecule has 6 heteroatoms. The number of aromatic amines is 1.